The van der Waals surface area contributed by atoms with E-state index >= 15 is 0 Å². The van der Waals surface area contributed by atoms with Crippen molar-refractivity contribution >= 4 is 34.9 Å². The summed E-state index contributed by atoms with van der Waals surface area (Å²) in [5.74, 6) is -0.0410. The molecule has 3 nitrogen and oxygen atoms in total. The van der Waals surface area contributed by atoms with Crippen molar-refractivity contribution in [2.45, 2.75) is 18.3 Å². The summed E-state index contributed by atoms with van der Waals surface area (Å²) in [6.45, 7) is 0.503. The van der Waals surface area contributed by atoms with Gasteiger partial charge in [-0.25, -0.2) is 0 Å². The van der Waals surface area contributed by atoms with Gasteiger partial charge in [0.2, 0.25) is 5.91 Å². The number of rotatable bonds is 0. The molecule has 17 heavy (non-hydrogen) atoms. The molecule has 1 amide bonds. The number of hydrogen-bond donors (Lipinski definition) is 1. The Morgan fingerprint density at radius 3 is 2.59 bits per heavy atom. The van der Waals surface area contributed by atoms with Gasteiger partial charge in [-0.05, 0) is 11.6 Å². The molecule has 0 saturated carbocycles. The number of Topliss-reactive ketones (excluding diaryl/α,β-unsaturated/α-hetero) is 1. The van der Waals surface area contributed by atoms with Gasteiger partial charge in [0, 0.05) is 30.4 Å². The second-order valence-corrected chi connectivity index (χ2v) is 5.40. The van der Waals surface area contributed by atoms with Gasteiger partial charge in [-0.1, -0.05) is 29.3 Å². The van der Waals surface area contributed by atoms with Crippen LogP contribution in [-0.4, -0.2) is 18.2 Å². The number of ketones is 1. The third-order valence-corrected chi connectivity index (χ3v) is 4.37. The zero-order chi connectivity index (χ0) is 12.2. The van der Waals surface area contributed by atoms with Crippen molar-refractivity contribution in [3.8, 4) is 0 Å². The summed E-state index contributed by atoms with van der Waals surface area (Å²) in [6.07, 6.45) is 0.685. The van der Waals surface area contributed by atoms with Crippen molar-refractivity contribution in [1.82, 2.24) is 5.32 Å². The van der Waals surface area contributed by atoms with Crippen molar-refractivity contribution in [1.29, 1.82) is 0 Å². The second kappa shape index (κ2) is 3.47. The standard InChI is InChI=1S/C12H9Cl2NO2/c13-7-2-1-6-10(11(7)14)8(16)3-12(6)4-9(17)15-5-12/h1-2H,3-5H2,(H,15,17). The number of benzene rings is 1. The summed E-state index contributed by atoms with van der Waals surface area (Å²) in [7, 11) is 0. The third-order valence-electron chi connectivity index (χ3n) is 3.57. The highest BCUT2D eigenvalue weighted by Gasteiger charge is 2.49. The number of amides is 1. The van der Waals surface area contributed by atoms with E-state index in [4.69, 9.17) is 23.2 Å². The average Bonchev–Trinajstić information content (AvgIpc) is 2.76. The molecule has 0 radical (unpaired) electrons. The van der Waals surface area contributed by atoms with Crippen LogP contribution in [0.25, 0.3) is 0 Å². The fourth-order valence-electron chi connectivity index (χ4n) is 2.77. The molecule has 1 aliphatic heterocycles. The first kappa shape index (κ1) is 11.1. The Morgan fingerprint density at radius 1 is 1.18 bits per heavy atom. The number of carbonyl (C=O) groups excluding carboxylic acids is 2. The summed E-state index contributed by atoms with van der Waals surface area (Å²) >= 11 is 12.0. The first-order chi connectivity index (χ1) is 8.03. The SMILES string of the molecule is O=C1CC2(CN1)CC(=O)c1c2ccc(Cl)c1Cl. The molecule has 5 heteroatoms. The largest absolute Gasteiger partial charge is 0.355 e. The molecule has 3 rings (SSSR count). The molecule has 88 valence electrons. The molecule has 1 aliphatic carbocycles. The van der Waals surface area contributed by atoms with Crippen LogP contribution < -0.4 is 5.32 Å². The Hall–Kier alpha value is -1.06. The highest BCUT2D eigenvalue weighted by atomic mass is 35.5. The van der Waals surface area contributed by atoms with Crippen molar-refractivity contribution in [3.05, 3.63) is 33.3 Å². The second-order valence-electron chi connectivity index (χ2n) is 4.62. The number of halogens is 2. The van der Waals surface area contributed by atoms with Crippen molar-refractivity contribution < 1.29 is 9.59 Å². The lowest BCUT2D eigenvalue weighted by Gasteiger charge is -2.21. The Labute approximate surface area is 108 Å². The lowest BCUT2D eigenvalue weighted by molar-refractivity contribution is -0.119. The van der Waals surface area contributed by atoms with Crippen LogP contribution in [0, 0.1) is 0 Å². The van der Waals surface area contributed by atoms with E-state index in [0.717, 1.165) is 5.56 Å². The fraction of sp³-hybridized carbons (Fsp3) is 0.333. The molecule has 1 aromatic rings. The van der Waals surface area contributed by atoms with Gasteiger partial charge in [0.1, 0.15) is 0 Å². The van der Waals surface area contributed by atoms with Crippen molar-refractivity contribution in [2.75, 3.05) is 6.54 Å². The molecular weight excluding hydrogens is 261 g/mol. The first-order valence-corrected chi connectivity index (χ1v) is 6.07. The molecule has 1 unspecified atom stereocenters. The molecule has 1 fully saturated rings. The number of carbonyl (C=O) groups is 2. The number of fused-ring (bicyclic) bond motifs is 2. The molecule has 1 saturated heterocycles. The molecule has 1 atom stereocenters. The van der Waals surface area contributed by atoms with Crippen LogP contribution in [0.2, 0.25) is 10.0 Å². The van der Waals surface area contributed by atoms with E-state index in [0.29, 0.717) is 35.0 Å². The Bertz CT molecular complexity index is 556. The van der Waals surface area contributed by atoms with Crippen LogP contribution in [0.4, 0.5) is 0 Å². The number of nitrogens with one attached hydrogen (secondary N) is 1. The van der Waals surface area contributed by atoms with Crippen LogP contribution in [0.15, 0.2) is 12.1 Å². The summed E-state index contributed by atoms with van der Waals surface area (Å²) in [4.78, 5) is 23.4. The normalized spacial score (nSPS) is 26.5. The van der Waals surface area contributed by atoms with Gasteiger partial charge < -0.3 is 5.32 Å². The Kier molecular flexibility index (Phi) is 2.25. The zero-order valence-electron chi connectivity index (χ0n) is 8.85. The third kappa shape index (κ3) is 1.42. The van der Waals surface area contributed by atoms with Gasteiger partial charge in [0.15, 0.2) is 5.78 Å². The topological polar surface area (TPSA) is 46.2 Å². The predicted octanol–water partition coefficient (Wildman–Crippen LogP) is 2.34. The van der Waals surface area contributed by atoms with E-state index in [1.54, 1.807) is 6.07 Å². The maximum atomic E-state index is 12.0. The fourth-order valence-corrected chi connectivity index (χ4v) is 3.20. The van der Waals surface area contributed by atoms with E-state index in [1.165, 1.54) is 0 Å². The minimum atomic E-state index is -0.405. The molecule has 2 aliphatic rings. The van der Waals surface area contributed by atoms with Gasteiger partial charge in [-0.2, -0.15) is 0 Å². The summed E-state index contributed by atoms with van der Waals surface area (Å²) < 4.78 is 0. The molecule has 1 spiro atoms. The maximum Gasteiger partial charge on any atom is 0.221 e. The summed E-state index contributed by atoms with van der Waals surface area (Å²) in [6, 6.07) is 3.50. The Morgan fingerprint density at radius 2 is 1.94 bits per heavy atom. The zero-order valence-corrected chi connectivity index (χ0v) is 10.4. The number of hydrogen-bond acceptors (Lipinski definition) is 2. The summed E-state index contributed by atoms with van der Waals surface area (Å²) in [5, 5.41) is 3.47. The first-order valence-electron chi connectivity index (χ1n) is 5.32. The van der Waals surface area contributed by atoms with Crippen molar-refractivity contribution in [3.63, 3.8) is 0 Å². The van der Waals surface area contributed by atoms with Gasteiger partial charge in [-0.15, -0.1) is 0 Å². The molecule has 1 aromatic carbocycles. The lowest BCUT2D eigenvalue weighted by atomic mass is 9.81. The van der Waals surface area contributed by atoms with Gasteiger partial charge in [-0.3, -0.25) is 9.59 Å². The van der Waals surface area contributed by atoms with E-state index in [-0.39, 0.29) is 11.7 Å². The monoisotopic (exact) mass is 269 g/mol. The predicted molar refractivity (Wildman–Crippen MR) is 64.7 cm³/mol. The highest BCUT2D eigenvalue weighted by Crippen LogP contribution is 2.47. The van der Waals surface area contributed by atoms with Gasteiger partial charge >= 0.3 is 0 Å². The van der Waals surface area contributed by atoms with Crippen LogP contribution in [0.1, 0.15) is 28.8 Å². The van der Waals surface area contributed by atoms with E-state index in [9.17, 15) is 9.59 Å². The van der Waals surface area contributed by atoms with Gasteiger partial charge in [0.25, 0.3) is 0 Å². The average molecular weight is 270 g/mol. The van der Waals surface area contributed by atoms with Crippen LogP contribution >= 0.6 is 23.2 Å². The minimum Gasteiger partial charge on any atom is -0.355 e. The highest BCUT2D eigenvalue weighted by molar-refractivity contribution is 6.44. The van der Waals surface area contributed by atoms with E-state index in [1.807, 2.05) is 6.07 Å². The molecule has 0 aromatic heterocycles. The molecule has 0 bridgehead atoms. The molecular formula is C12H9Cl2NO2. The van der Waals surface area contributed by atoms with Crippen LogP contribution in [0.3, 0.4) is 0 Å². The van der Waals surface area contributed by atoms with Gasteiger partial charge in [0.05, 0.1) is 10.0 Å². The molecule has 1 N–H and O–H groups in total. The van der Waals surface area contributed by atoms with E-state index < -0.39 is 5.41 Å². The van der Waals surface area contributed by atoms with Crippen LogP contribution in [-0.2, 0) is 10.2 Å². The quantitative estimate of drug-likeness (QED) is 0.786. The smallest absolute Gasteiger partial charge is 0.221 e. The van der Waals surface area contributed by atoms with Crippen LogP contribution in [0.5, 0.6) is 0 Å². The maximum absolute atomic E-state index is 12.0. The van der Waals surface area contributed by atoms with Crippen molar-refractivity contribution in [2.24, 2.45) is 0 Å². The summed E-state index contributed by atoms with van der Waals surface area (Å²) in [5.41, 5.74) is 0.948. The minimum absolute atomic E-state index is 0.0169. The lowest BCUT2D eigenvalue weighted by Crippen LogP contribution is -2.26. The molecule has 1 heterocycles. The Balaban J connectivity index is 2.21. The van der Waals surface area contributed by atoms with E-state index in [2.05, 4.69) is 5.32 Å².